The number of ether oxygens (including phenoxy) is 2. The predicted octanol–water partition coefficient (Wildman–Crippen LogP) is 11.2. The van der Waals surface area contributed by atoms with Crippen LogP contribution in [0, 0.1) is 13.8 Å². The summed E-state index contributed by atoms with van der Waals surface area (Å²) in [5.41, 5.74) is 5.93. The Morgan fingerprint density at radius 3 is 1.40 bits per heavy atom. The fraction of sp³-hybridized carbons (Fsp3) is 0.323. The van der Waals surface area contributed by atoms with Crippen molar-refractivity contribution < 1.29 is 54.3 Å². The number of hydrogen-bond donors (Lipinski definition) is 3. The van der Waals surface area contributed by atoms with E-state index in [4.69, 9.17) is 53.1 Å². The number of pyridine rings is 2. The zero-order valence-corrected chi connectivity index (χ0v) is 55.6. The molecule has 488 valence electrons. The lowest BCUT2D eigenvalue weighted by Crippen LogP contribution is -2.44. The first-order chi connectivity index (χ1) is 44.0. The lowest BCUT2D eigenvalue weighted by Gasteiger charge is -2.31. The highest BCUT2D eigenvalue weighted by Crippen LogP contribution is 2.30. The van der Waals surface area contributed by atoms with Crippen LogP contribution >= 0.6 is 34.8 Å². The topological polar surface area (TPSA) is 279 Å². The maximum atomic E-state index is 13.3. The fourth-order valence-electron chi connectivity index (χ4n) is 9.55. The molecule has 2 aliphatic heterocycles. The molecule has 2 aliphatic rings. The van der Waals surface area contributed by atoms with E-state index in [1.165, 1.54) is 4.90 Å². The summed E-state index contributed by atoms with van der Waals surface area (Å²) in [7, 11) is 0.756. The summed E-state index contributed by atoms with van der Waals surface area (Å²) >= 11 is 14.6. The van der Waals surface area contributed by atoms with Crippen LogP contribution in [0.3, 0.4) is 0 Å². The van der Waals surface area contributed by atoms with Crippen LogP contribution in [-0.2, 0) is 44.3 Å². The number of anilines is 2. The lowest BCUT2D eigenvalue weighted by molar-refractivity contribution is 0.0943. The number of sulfone groups is 2. The SMILES string of the molecule is CN(C)c1cccc(OC(=O)Cl)c1.Cc1oc(-c2ccc(C(=O)NCc3cccnc3)cc2)nc1CS(=O)(=O)C1CCN(C(=O)Oc2cccc(N(C)C)c2)CC1.Cc1oc(-c2ccc(C(=O)NCc3cccnc3)cc2)nc1CS(=O)(=O)C1CCNCC1.ClCCl. The molecule has 0 atom stereocenters. The number of alkyl halides is 2. The molecule has 0 spiro atoms. The highest BCUT2D eigenvalue weighted by Gasteiger charge is 2.34. The van der Waals surface area contributed by atoms with Crippen LogP contribution in [-0.4, -0.2) is 135 Å². The number of carbonyl (C=O) groups excluding carboxylic acids is 4. The largest absolute Gasteiger partial charge is 0.441 e. The smallest absolute Gasteiger partial charge is 0.415 e. The van der Waals surface area contributed by atoms with Gasteiger partial charge in [0, 0.05) is 137 Å². The van der Waals surface area contributed by atoms with Crippen molar-refractivity contribution in [3.05, 3.63) is 191 Å². The van der Waals surface area contributed by atoms with Gasteiger partial charge in [-0.05, 0) is 149 Å². The van der Waals surface area contributed by atoms with Crippen LogP contribution < -0.4 is 35.2 Å². The Morgan fingerprint density at radius 2 is 1.01 bits per heavy atom. The Hall–Kier alpha value is -8.39. The van der Waals surface area contributed by atoms with Gasteiger partial charge in [-0.3, -0.25) is 19.6 Å². The average molecular weight is 1360 g/mol. The number of carbonyl (C=O) groups is 4. The van der Waals surface area contributed by atoms with Gasteiger partial charge in [-0.1, -0.05) is 24.3 Å². The van der Waals surface area contributed by atoms with E-state index in [1.54, 1.807) is 117 Å². The second kappa shape index (κ2) is 34.3. The number of oxazole rings is 2. The van der Waals surface area contributed by atoms with Gasteiger partial charge in [0.05, 0.1) is 38.7 Å². The highest BCUT2D eigenvalue weighted by molar-refractivity contribution is 7.91. The third kappa shape index (κ3) is 21.3. The number of hydrogen-bond acceptors (Lipinski definition) is 19. The van der Waals surface area contributed by atoms with Crippen LogP contribution in [0.1, 0.15) is 80.4 Å². The molecule has 0 saturated carbocycles. The molecule has 8 aromatic rings. The minimum absolute atomic E-state index is 0.123. The van der Waals surface area contributed by atoms with Crippen LogP contribution in [0.5, 0.6) is 11.5 Å². The summed E-state index contributed by atoms with van der Waals surface area (Å²) in [4.78, 5) is 70.4. The zero-order chi connectivity index (χ0) is 66.4. The molecular weight excluding hydrogens is 1280 g/mol. The maximum Gasteiger partial charge on any atom is 0.415 e. The van der Waals surface area contributed by atoms with E-state index in [9.17, 15) is 36.0 Å². The van der Waals surface area contributed by atoms with Crippen molar-refractivity contribution in [3.63, 3.8) is 0 Å². The maximum absolute atomic E-state index is 13.3. The van der Waals surface area contributed by atoms with Gasteiger partial charge in [0.25, 0.3) is 11.8 Å². The molecule has 2 saturated heterocycles. The van der Waals surface area contributed by atoms with E-state index in [0.717, 1.165) is 35.6 Å². The predicted molar refractivity (Wildman–Crippen MR) is 356 cm³/mol. The third-order valence-electron chi connectivity index (χ3n) is 14.7. The molecule has 10 rings (SSSR count). The number of piperidine rings is 2. The monoisotopic (exact) mass is 1350 g/mol. The Bertz CT molecular complexity index is 3940. The van der Waals surface area contributed by atoms with Crippen molar-refractivity contribution in [3.8, 4) is 34.4 Å². The molecule has 22 nitrogen and oxygen atoms in total. The first kappa shape index (κ1) is 71.1. The Balaban J connectivity index is 0.000000217. The lowest BCUT2D eigenvalue weighted by atomic mass is 10.1. The van der Waals surface area contributed by atoms with Gasteiger partial charge in [0.2, 0.25) is 11.8 Å². The summed E-state index contributed by atoms with van der Waals surface area (Å²) in [6.45, 7) is 6.16. The number of halogens is 3. The van der Waals surface area contributed by atoms with Gasteiger partial charge in [0.15, 0.2) is 19.7 Å². The van der Waals surface area contributed by atoms with Crippen LogP contribution in [0.25, 0.3) is 22.9 Å². The van der Waals surface area contributed by atoms with E-state index in [2.05, 4.69) is 35.9 Å². The summed E-state index contributed by atoms with van der Waals surface area (Å²) in [5, 5.41) is 8.15. The summed E-state index contributed by atoms with van der Waals surface area (Å²) < 4.78 is 74.0. The van der Waals surface area contributed by atoms with Crippen molar-refractivity contribution >= 4 is 89.2 Å². The van der Waals surface area contributed by atoms with Gasteiger partial charge in [0.1, 0.15) is 23.0 Å². The van der Waals surface area contributed by atoms with Gasteiger partial charge in [-0.15, -0.1) is 23.2 Å². The number of aryl methyl sites for hydroxylation is 2. The Kier molecular flexibility index (Phi) is 26.5. The number of rotatable bonds is 18. The number of benzene rings is 4. The molecule has 0 aliphatic carbocycles. The van der Waals surface area contributed by atoms with E-state index in [1.807, 2.05) is 80.5 Å². The molecule has 0 unspecified atom stereocenters. The van der Waals surface area contributed by atoms with Crippen molar-refractivity contribution in [2.24, 2.45) is 0 Å². The number of aromatic nitrogens is 4. The first-order valence-corrected chi connectivity index (χ1v) is 34.0. The van der Waals surface area contributed by atoms with Crippen molar-refractivity contribution in [1.82, 2.24) is 40.8 Å². The number of likely N-dealkylation sites (tertiary alicyclic amines) is 1. The summed E-state index contributed by atoms with van der Waals surface area (Å²) in [5.74, 6) is 1.63. The summed E-state index contributed by atoms with van der Waals surface area (Å²) in [6.07, 6.45) is 8.12. The molecule has 4 aromatic heterocycles. The molecule has 3 N–H and O–H groups in total. The van der Waals surface area contributed by atoms with Crippen molar-refractivity contribution in [2.75, 3.05) is 69.5 Å². The first-order valence-electron chi connectivity index (χ1n) is 29.1. The molecule has 4 aromatic carbocycles. The molecule has 2 fully saturated rings. The second-order valence-electron chi connectivity index (χ2n) is 21.6. The Labute approximate surface area is 550 Å². The quantitative estimate of drug-likeness (QED) is 0.0532. The number of nitrogens with one attached hydrogen (secondary N) is 3. The second-order valence-corrected chi connectivity index (χ2v) is 27.3. The molecule has 0 bridgehead atoms. The molecule has 0 radical (unpaired) electrons. The standard InChI is InChI=1S/C32H35N5O6S.C23H26N4O4S.C9H10ClNO2.CH2Cl2/c1-22-29(35-31(42-22)25-11-9-24(10-12-25)30(38)34-20-23-6-5-15-33-19-23)21-44(40,41)28-13-16-37(17-14-28)32(39)43-27-8-4-7-26(18-27)36(2)3;1-16-21(15-32(29,30)20-8-11-24-12-9-20)27-23(31-16)19-6-4-18(5-7-19)22(28)26-14-17-3-2-10-25-13-17;1-11(2)7-4-3-5-8(6-7)13-9(10)12;2-1-3/h4-12,15,18-19,28H,13-14,16-17,20-21H2,1-3H3,(H,34,38);2-7,10,13,20,24H,8-9,11-12,14-15H2,1H3,(H,26,28);3-6H,1-2H3;1H2. The van der Waals surface area contributed by atoms with Crippen molar-refractivity contribution in [2.45, 2.75) is 74.6 Å². The number of amides is 3. The summed E-state index contributed by atoms with van der Waals surface area (Å²) in [6, 6.07) is 35.4. The molecule has 3 amide bonds. The average Bonchev–Trinajstić information content (AvgIpc) is 2.08. The molecular formula is C65H73Cl3N10O12S2. The van der Waals surface area contributed by atoms with Crippen LogP contribution in [0.4, 0.5) is 21.0 Å². The van der Waals surface area contributed by atoms with E-state index in [0.29, 0.717) is 101 Å². The highest BCUT2D eigenvalue weighted by atomic mass is 35.5. The molecule has 92 heavy (non-hydrogen) atoms. The van der Waals surface area contributed by atoms with Crippen LogP contribution in [0.15, 0.2) is 155 Å². The van der Waals surface area contributed by atoms with Gasteiger partial charge < -0.3 is 49.0 Å². The van der Waals surface area contributed by atoms with Gasteiger partial charge in [-0.25, -0.2) is 36.4 Å². The van der Waals surface area contributed by atoms with E-state index < -0.39 is 36.4 Å². The van der Waals surface area contributed by atoms with E-state index >= 15 is 0 Å². The normalized spacial score (nSPS) is 13.3. The molecule has 6 heterocycles. The number of nitrogens with zero attached hydrogens (tertiary/aromatic N) is 7. The van der Waals surface area contributed by atoms with Crippen LogP contribution in [0.2, 0.25) is 0 Å². The van der Waals surface area contributed by atoms with Gasteiger partial charge >= 0.3 is 11.5 Å². The Morgan fingerprint density at radius 1 is 0.598 bits per heavy atom. The van der Waals surface area contributed by atoms with Crippen molar-refractivity contribution in [1.29, 1.82) is 0 Å². The minimum Gasteiger partial charge on any atom is -0.441 e. The molecule has 27 heteroatoms. The fourth-order valence-corrected chi connectivity index (χ4v) is 13.3. The third-order valence-corrected chi connectivity index (χ3v) is 19.1. The minimum atomic E-state index is -3.56. The zero-order valence-electron chi connectivity index (χ0n) is 51.7. The van der Waals surface area contributed by atoms with E-state index in [-0.39, 0.29) is 52.9 Å². The van der Waals surface area contributed by atoms with Gasteiger partial charge in [-0.2, -0.15) is 0 Å².